The summed E-state index contributed by atoms with van der Waals surface area (Å²) in [5.74, 6) is 1.51. The molecule has 0 aliphatic rings. The molecular weight excluding hydrogens is 316 g/mol. The van der Waals surface area contributed by atoms with Crippen LogP contribution in [0.1, 0.15) is 25.7 Å². The Hall–Kier alpha value is -0.910. The van der Waals surface area contributed by atoms with Gasteiger partial charge in [0.1, 0.15) is 5.82 Å². The quantitative estimate of drug-likeness (QED) is 0.939. The number of aromatic nitrogens is 3. The van der Waals surface area contributed by atoms with Gasteiger partial charge >= 0.3 is 0 Å². The molecule has 0 fully saturated rings. The van der Waals surface area contributed by atoms with Crippen molar-refractivity contribution >= 4 is 27.5 Å². The molecule has 2 rings (SSSR count). The minimum absolute atomic E-state index is 0.226. The number of hydrogen-bond donors (Lipinski definition) is 1. The highest BCUT2D eigenvalue weighted by atomic mass is 79.9. The van der Waals surface area contributed by atoms with Gasteiger partial charge in [0.25, 0.3) is 0 Å². The molecule has 1 heterocycles. The van der Waals surface area contributed by atoms with Crippen LogP contribution in [0.2, 0.25) is 5.02 Å². The van der Waals surface area contributed by atoms with Crippen molar-refractivity contribution in [2.45, 2.75) is 26.4 Å². The highest BCUT2D eigenvalue weighted by Crippen LogP contribution is 2.31. The van der Waals surface area contributed by atoms with E-state index in [1.807, 2.05) is 22.8 Å². The van der Waals surface area contributed by atoms with Crippen molar-refractivity contribution in [3.63, 3.8) is 0 Å². The molecule has 4 nitrogen and oxygen atoms in total. The Bertz CT molecular complexity index is 565. The smallest absolute Gasteiger partial charge is 0.165 e. The van der Waals surface area contributed by atoms with E-state index in [1.165, 1.54) is 0 Å². The van der Waals surface area contributed by atoms with E-state index in [0.29, 0.717) is 11.6 Å². The Morgan fingerprint density at radius 2 is 2.11 bits per heavy atom. The summed E-state index contributed by atoms with van der Waals surface area (Å²) in [6.07, 6.45) is 0. The van der Waals surface area contributed by atoms with Gasteiger partial charge in [0.15, 0.2) is 5.82 Å². The minimum Gasteiger partial charge on any atom is -0.324 e. The summed E-state index contributed by atoms with van der Waals surface area (Å²) in [5.41, 5.74) is 6.54. The molecule has 0 saturated heterocycles. The maximum atomic E-state index is 6.23. The standard InChI is InChI=1S/C12H14BrClN4/c1-7(2)18-11(6-15)16-17-12(18)9-5-8(13)3-4-10(9)14/h3-5,7H,6,15H2,1-2H3. The van der Waals surface area contributed by atoms with Crippen LogP contribution in [-0.4, -0.2) is 14.8 Å². The van der Waals surface area contributed by atoms with Crippen LogP contribution < -0.4 is 5.73 Å². The monoisotopic (exact) mass is 328 g/mol. The maximum absolute atomic E-state index is 6.23. The first-order valence-corrected chi connectivity index (χ1v) is 6.81. The zero-order chi connectivity index (χ0) is 13.3. The predicted molar refractivity (Wildman–Crippen MR) is 76.4 cm³/mol. The van der Waals surface area contributed by atoms with Gasteiger partial charge in [-0.3, -0.25) is 0 Å². The number of nitrogens with two attached hydrogens (primary N) is 1. The summed E-state index contributed by atoms with van der Waals surface area (Å²) in [6.45, 7) is 4.49. The van der Waals surface area contributed by atoms with Crippen LogP contribution in [0, 0.1) is 0 Å². The fourth-order valence-electron chi connectivity index (χ4n) is 1.86. The van der Waals surface area contributed by atoms with Crippen molar-refractivity contribution in [1.29, 1.82) is 0 Å². The highest BCUT2D eigenvalue weighted by Gasteiger charge is 2.17. The molecule has 0 aliphatic carbocycles. The number of benzene rings is 1. The van der Waals surface area contributed by atoms with Crippen LogP contribution in [0.15, 0.2) is 22.7 Å². The summed E-state index contributed by atoms with van der Waals surface area (Å²) in [4.78, 5) is 0. The largest absolute Gasteiger partial charge is 0.324 e. The molecular formula is C12H14BrClN4. The van der Waals surface area contributed by atoms with Gasteiger partial charge in [0, 0.05) is 16.1 Å². The molecule has 96 valence electrons. The molecule has 0 atom stereocenters. The third-order valence-electron chi connectivity index (χ3n) is 2.63. The highest BCUT2D eigenvalue weighted by molar-refractivity contribution is 9.10. The van der Waals surface area contributed by atoms with Gasteiger partial charge in [-0.15, -0.1) is 10.2 Å². The molecule has 2 N–H and O–H groups in total. The molecule has 0 radical (unpaired) electrons. The van der Waals surface area contributed by atoms with Crippen molar-refractivity contribution in [3.05, 3.63) is 33.5 Å². The van der Waals surface area contributed by atoms with Crippen molar-refractivity contribution in [1.82, 2.24) is 14.8 Å². The van der Waals surface area contributed by atoms with Gasteiger partial charge in [0.05, 0.1) is 11.6 Å². The second kappa shape index (κ2) is 5.38. The van der Waals surface area contributed by atoms with E-state index in [9.17, 15) is 0 Å². The average molecular weight is 330 g/mol. The van der Waals surface area contributed by atoms with Crippen molar-refractivity contribution in [2.24, 2.45) is 5.73 Å². The van der Waals surface area contributed by atoms with Gasteiger partial charge in [-0.25, -0.2) is 0 Å². The molecule has 1 aromatic carbocycles. The third kappa shape index (κ3) is 2.43. The third-order valence-corrected chi connectivity index (χ3v) is 3.46. The first-order valence-electron chi connectivity index (χ1n) is 5.64. The Kier molecular flexibility index (Phi) is 4.04. The van der Waals surface area contributed by atoms with Crippen LogP contribution in [0.5, 0.6) is 0 Å². The summed E-state index contributed by atoms with van der Waals surface area (Å²) >= 11 is 9.66. The number of hydrogen-bond acceptors (Lipinski definition) is 3. The fraction of sp³-hybridized carbons (Fsp3) is 0.333. The molecule has 0 aliphatic heterocycles. The summed E-state index contributed by atoms with van der Waals surface area (Å²) in [7, 11) is 0. The Balaban J connectivity index is 2.63. The second-order valence-corrected chi connectivity index (χ2v) is 5.55. The number of halogens is 2. The van der Waals surface area contributed by atoms with Gasteiger partial charge < -0.3 is 10.3 Å². The lowest BCUT2D eigenvalue weighted by Crippen LogP contribution is -2.11. The van der Waals surface area contributed by atoms with Crippen LogP contribution in [0.3, 0.4) is 0 Å². The zero-order valence-electron chi connectivity index (χ0n) is 10.2. The fourth-order valence-corrected chi connectivity index (χ4v) is 2.42. The van der Waals surface area contributed by atoms with E-state index in [1.54, 1.807) is 0 Å². The van der Waals surface area contributed by atoms with Gasteiger partial charge in [-0.2, -0.15) is 0 Å². The molecule has 0 bridgehead atoms. The first kappa shape index (κ1) is 13.5. The Morgan fingerprint density at radius 1 is 1.39 bits per heavy atom. The number of nitrogens with zero attached hydrogens (tertiary/aromatic N) is 3. The number of rotatable bonds is 3. The lowest BCUT2D eigenvalue weighted by atomic mass is 10.2. The Morgan fingerprint density at radius 3 is 2.72 bits per heavy atom. The molecule has 0 unspecified atom stereocenters. The van der Waals surface area contributed by atoms with E-state index in [2.05, 4.69) is 40.0 Å². The molecule has 18 heavy (non-hydrogen) atoms. The van der Waals surface area contributed by atoms with Crippen LogP contribution in [-0.2, 0) is 6.54 Å². The lowest BCUT2D eigenvalue weighted by Gasteiger charge is -2.14. The van der Waals surface area contributed by atoms with Crippen LogP contribution >= 0.6 is 27.5 Å². The van der Waals surface area contributed by atoms with Crippen molar-refractivity contribution < 1.29 is 0 Å². The Labute approximate surface area is 119 Å². The summed E-state index contributed by atoms with van der Waals surface area (Å²) < 4.78 is 2.96. The first-order chi connectivity index (χ1) is 8.54. The SMILES string of the molecule is CC(C)n1c(CN)nnc1-c1cc(Br)ccc1Cl. The van der Waals surface area contributed by atoms with Gasteiger partial charge in [0.2, 0.25) is 0 Å². The van der Waals surface area contributed by atoms with E-state index >= 15 is 0 Å². The minimum atomic E-state index is 0.226. The van der Waals surface area contributed by atoms with E-state index < -0.39 is 0 Å². The molecule has 2 aromatic rings. The van der Waals surface area contributed by atoms with Crippen LogP contribution in [0.25, 0.3) is 11.4 Å². The predicted octanol–water partition coefficient (Wildman–Crippen LogP) is 3.40. The maximum Gasteiger partial charge on any atom is 0.165 e. The average Bonchev–Trinajstić information content (AvgIpc) is 2.75. The van der Waals surface area contributed by atoms with E-state index in [0.717, 1.165) is 21.7 Å². The van der Waals surface area contributed by atoms with Crippen LogP contribution in [0.4, 0.5) is 0 Å². The van der Waals surface area contributed by atoms with Crippen molar-refractivity contribution in [2.75, 3.05) is 0 Å². The molecule has 0 spiro atoms. The van der Waals surface area contributed by atoms with Gasteiger partial charge in [-0.1, -0.05) is 27.5 Å². The van der Waals surface area contributed by atoms with E-state index in [4.69, 9.17) is 17.3 Å². The van der Waals surface area contributed by atoms with Crippen molar-refractivity contribution in [3.8, 4) is 11.4 Å². The second-order valence-electron chi connectivity index (χ2n) is 4.23. The van der Waals surface area contributed by atoms with Gasteiger partial charge in [-0.05, 0) is 32.0 Å². The van der Waals surface area contributed by atoms with E-state index in [-0.39, 0.29) is 6.04 Å². The lowest BCUT2D eigenvalue weighted by molar-refractivity contribution is 0.574. The molecule has 6 heteroatoms. The zero-order valence-corrected chi connectivity index (χ0v) is 12.5. The molecule has 0 saturated carbocycles. The topological polar surface area (TPSA) is 56.7 Å². The molecule has 1 aromatic heterocycles. The summed E-state index contributed by atoms with van der Waals surface area (Å²) in [6, 6.07) is 5.89. The summed E-state index contributed by atoms with van der Waals surface area (Å²) in [5, 5.41) is 8.97. The normalized spacial score (nSPS) is 11.2. The molecule has 0 amide bonds.